The first-order valence-electron chi connectivity index (χ1n) is 9.01. The normalized spacial score (nSPS) is 18.1. The number of carbonyl (C=O) groups excluding carboxylic acids is 1. The zero-order valence-corrected chi connectivity index (χ0v) is 16.2. The summed E-state index contributed by atoms with van der Waals surface area (Å²) in [5, 5.41) is 3.61. The second kappa shape index (κ2) is 7.24. The highest BCUT2D eigenvalue weighted by molar-refractivity contribution is 7.91. The molecule has 1 fully saturated rings. The maximum absolute atomic E-state index is 13.0. The monoisotopic (exact) mass is 396 g/mol. The van der Waals surface area contributed by atoms with E-state index in [1.807, 2.05) is 48.5 Å². The topological polar surface area (TPSA) is 85.4 Å². The zero-order valence-electron chi connectivity index (χ0n) is 15.4. The second-order valence-electron chi connectivity index (χ2n) is 6.87. The molecule has 0 spiro atoms. The van der Waals surface area contributed by atoms with Gasteiger partial charge in [-0.2, -0.15) is 0 Å². The molecule has 2 heterocycles. The van der Waals surface area contributed by atoms with Gasteiger partial charge in [0.2, 0.25) is 0 Å². The van der Waals surface area contributed by atoms with Crippen LogP contribution in [-0.4, -0.2) is 44.0 Å². The summed E-state index contributed by atoms with van der Waals surface area (Å²) in [5.41, 5.74) is 2.73. The van der Waals surface area contributed by atoms with Crippen molar-refractivity contribution in [2.75, 3.05) is 18.6 Å². The van der Waals surface area contributed by atoms with Crippen molar-refractivity contribution in [1.29, 1.82) is 0 Å². The average Bonchev–Trinajstić information content (AvgIpc) is 3.05. The van der Waals surface area contributed by atoms with Gasteiger partial charge in [-0.3, -0.25) is 4.79 Å². The maximum Gasteiger partial charge on any atom is 0.252 e. The number of para-hydroxylation sites is 1. The van der Waals surface area contributed by atoms with Crippen LogP contribution in [0.25, 0.3) is 22.2 Å². The Morgan fingerprint density at radius 3 is 2.57 bits per heavy atom. The largest absolute Gasteiger partial charge is 0.497 e. The summed E-state index contributed by atoms with van der Waals surface area (Å²) < 4.78 is 28.6. The van der Waals surface area contributed by atoms with Gasteiger partial charge in [-0.25, -0.2) is 13.4 Å². The van der Waals surface area contributed by atoms with E-state index in [4.69, 9.17) is 4.74 Å². The molecule has 1 aromatic heterocycles. The van der Waals surface area contributed by atoms with Gasteiger partial charge in [0.15, 0.2) is 9.84 Å². The van der Waals surface area contributed by atoms with Gasteiger partial charge in [0.25, 0.3) is 5.91 Å². The summed E-state index contributed by atoms with van der Waals surface area (Å²) in [7, 11) is -1.46. The molecule has 0 bridgehead atoms. The molecular weight excluding hydrogens is 376 g/mol. The number of nitrogens with one attached hydrogen (secondary N) is 1. The summed E-state index contributed by atoms with van der Waals surface area (Å²) in [6.45, 7) is 0. The smallest absolute Gasteiger partial charge is 0.252 e. The van der Waals surface area contributed by atoms with Crippen LogP contribution in [0.3, 0.4) is 0 Å². The predicted molar refractivity (Wildman–Crippen MR) is 108 cm³/mol. The van der Waals surface area contributed by atoms with Crippen molar-refractivity contribution >= 4 is 26.6 Å². The third-order valence-electron chi connectivity index (χ3n) is 4.91. The lowest BCUT2D eigenvalue weighted by molar-refractivity contribution is 0.0943. The van der Waals surface area contributed by atoms with Crippen LogP contribution in [0, 0.1) is 0 Å². The first kappa shape index (κ1) is 18.4. The molecule has 3 aromatic rings. The number of amides is 1. The van der Waals surface area contributed by atoms with Crippen LogP contribution in [0.4, 0.5) is 0 Å². The van der Waals surface area contributed by atoms with Gasteiger partial charge < -0.3 is 10.1 Å². The third kappa shape index (κ3) is 3.71. The zero-order chi connectivity index (χ0) is 19.7. The van der Waals surface area contributed by atoms with Crippen LogP contribution in [-0.2, 0) is 9.84 Å². The molecule has 0 radical (unpaired) electrons. The van der Waals surface area contributed by atoms with E-state index in [0.717, 1.165) is 16.7 Å². The summed E-state index contributed by atoms with van der Waals surface area (Å²) in [4.78, 5) is 17.6. The SMILES string of the molecule is COc1ccc(-c2cc(C(=O)N[C@H]3CCS(=O)(=O)C3)c3ccccc3n2)cc1. The van der Waals surface area contributed by atoms with Crippen molar-refractivity contribution in [3.8, 4) is 17.0 Å². The van der Waals surface area contributed by atoms with Gasteiger partial charge in [-0.1, -0.05) is 18.2 Å². The fourth-order valence-corrected chi connectivity index (χ4v) is 5.12. The molecular formula is C21H20N2O4S. The molecule has 0 unspecified atom stereocenters. The molecule has 2 aromatic carbocycles. The summed E-state index contributed by atoms with van der Waals surface area (Å²) in [6, 6.07) is 16.3. The van der Waals surface area contributed by atoms with Crippen LogP contribution < -0.4 is 10.1 Å². The van der Waals surface area contributed by atoms with Crippen molar-refractivity contribution in [2.24, 2.45) is 0 Å². The highest BCUT2D eigenvalue weighted by Gasteiger charge is 2.29. The van der Waals surface area contributed by atoms with Crippen molar-refractivity contribution in [1.82, 2.24) is 10.3 Å². The Morgan fingerprint density at radius 1 is 1.14 bits per heavy atom. The quantitative estimate of drug-likeness (QED) is 0.733. The Bertz CT molecular complexity index is 1140. The number of benzene rings is 2. The Hall–Kier alpha value is -2.93. The Balaban J connectivity index is 1.72. The van der Waals surface area contributed by atoms with E-state index in [9.17, 15) is 13.2 Å². The molecule has 4 rings (SSSR count). The highest BCUT2D eigenvalue weighted by Crippen LogP contribution is 2.26. The van der Waals surface area contributed by atoms with Crippen LogP contribution >= 0.6 is 0 Å². The average molecular weight is 396 g/mol. The molecule has 1 aliphatic rings. The lowest BCUT2D eigenvalue weighted by Crippen LogP contribution is -2.35. The number of hydrogen-bond donors (Lipinski definition) is 1. The Labute approximate surface area is 163 Å². The molecule has 1 atom stereocenters. The summed E-state index contributed by atoms with van der Waals surface area (Å²) in [6.07, 6.45) is 0.447. The molecule has 6 nitrogen and oxygen atoms in total. The molecule has 1 saturated heterocycles. The minimum Gasteiger partial charge on any atom is -0.497 e. The minimum atomic E-state index is -3.06. The number of nitrogens with zero attached hydrogens (tertiary/aromatic N) is 1. The Morgan fingerprint density at radius 2 is 1.89 bits per heavy atom. The van der Waals surface area contributed by atoms with E-state index in [2.05, 4.69) is 10.3 Å². The highest BCUT2D eigenvalue weighted by atomic mass is 32.2. The number of sulfone groups is 1. The number of aromatic nitrogens is 1. The van der Waals surface area contributed by atoms with Gasteiger partial charge >= 0.3 is 0 Å². The fourth-order valence-electron chi connectivity index (χ4n) is 3.44. The fraction of sp³-hybridized carbons (Fsp3) is 0.238. The standard InChI is InChI=1S/C21H20N2O4S/c1-27-16-8-6-14(7-9-16)20-12-18(17-4-2-3-5-19(17)23-20)21(24)22-15-10-11-28(25,26)13-15/h2-9,12,15H,10-11,13H2,1H3,(H,22,24)/t15-/m0/s1. The minimum absolute atomic E-state index is 0.00685. The van der Waals surface area contributed by atoms with E-state index < -0.39 is 9.84 Å². The van der Waals surface area contributed by atoms with Crippen LogP contribution in [0.2, 0.25) is 0 Å². The van der Waals surface area contributed by atoms with Crippen LogP contribution in [0.5, 0.6) is 5.75 Å². The van der Waals surface area contributed by atoms with Gasteiger partial charge in [0.1, 0.15) is 5.75 Å². The summed E-state index contributed by atoms with van der Waals surface area (Å²) in [5.74, 6) is 0.569. The van der Waals surface area contributed by atoms with Gasteiger partial charge in [0, 0.05) is 17.0 Å². The van der Waals surface area contributed by atoms with Crippen LogP contribution in [0.15, 0.2) is 54.6 Å². The third-order valence-corrected chi connectivity index (χ3v) is 6.68. The van der Waals surface area contributed by atoms with Crippen molar-refractivity contribution in [3.05, 3.63) is 60.2 Å². The number of rotatable bonds is 4. The van der Waals surface area contributed by atoms with E-state index in [0.29, 0.717) is 23.2 Å². The van der Waals surface area contributed by atoms with E-state index >= 15 is 0 Å². The van der Waals surface area contributed by atoms with Gasteiger partial charge in [0.05, 0.1) is 35.4 Å². The Kier molecular flexibility index (Phi) is 4.77. The molecule has 7 heteroatoms. The van der Waals surface area contributed by atoms with E-state index in [1.54, 1.807) is 13.2 Å². The first-order chi connectivity index (χ1) is 13.4. The molecule has 0 aliphatic carbocycles. The van der Waals surface area contributed by atoms with Crippen molar-refractivity contribution in [3.63, 3.8) is 0 Å². The number of ether oxygens (including phenoxy) is 1. The first-order valence-corrected chi connectivity index (χ1v) is 10.8. The second-order valence-corrected chi connectivity index (χ2v) is 9.10. The van der Waals surface area contributed by atoms with Gasteiger partial charge in [-0.15, -0.1) is 0 Å². The lowest BCUT2D eigenvalue weighted by atomic mass is 10.0. The molecule has 1 amide bonds. The lowest BCUT2D eigenvalue weighted by Gasteiger charge is -2.14. The number of methoxy groups -OCH3 is 1. The molecule has 1 N–H and O–H groups in total. The van der Waals surface area contributed by atoms with E-state index in [1.165, 1.54) is 0 Å². The number of pyridine rings is 1. The predicted octanol–water partition coefficient (Wildman–Crippen LogP) is 2.83. The molecule has 0 saturated carbocycles. The molecule has 28 heavy (non-hydrogen) atoms. The van der Waals surface area contributed by atoms with Crippen molar-refractivity contribution < 1.29 is 17.9 Å². The number of carbonyl (C=O) groups is 1. The maximum atomic E-state index is 13.0. The van der Waals surface area contributed by atoms with E-state index in [-0.39, 0.29) is 23.5 Å². The summed E-state index contributed by atoms with van der Waals surface area (Å²) >= 11 is 0. The van der Waals surface area contributed by atoms with Crippen LogP contribution in [0.1, 0.15) is 16.8 Å². The van der Waals surface area contributed by atoms with Gasteiger partial charge in [-0.05, 0) is 42.8 Å². The number of fused-ring (bicyclic) bond motifs is 1. The molecule has 144 valence electrons. The van der Waals surface area contributed by atoms with Crippen molar-refractivity contribution in [2.45, 2.75) is 12.5 Å². The number of hydrogen-bond acceptors (Lipinski definition) is 5. The molecule has 1 aliphatic heterocycles.